The van der Waals surface area contributed by atoms with Crippen LogP contribution < -0.4 is 14.8 Å². The summed E-state index contributed by atoms with van der Waals surface area (Å²) in [4.78, 5) is 14.9. The number of ether oxygens (including phenoxy) is 2. The van der Waals surface area contributed by atoms with Gasteiger partial charge >= 0.3 is 0 Å². The normalized spacial score (nSPS) is 14.5. The summed E-state index contributed by atoms with van der Waals surface area (Å²) in [5.74, 6) is 1.74. The minimum atomic E-state index is 0. The fourth-order valence-electron chi connectivity index (χ4n) is 3.28. The molecule has 0 spiro atoms. The Labute approximate surface area is 180 Å². The van der Waals surface area contributed by atoms with Gasteiger partial charge in [0.25, 0.3) is 5.91 Å². The third kappa shape index (κ3) is 7.02. The van der Waals surface area contributed by atoms with Crippen molar-refractivity contribution in [1.29, 1.82) is 0 Å². The average Bonchev–Trinajstić information content (AvgIpc) is 2.68. The molecule has 160 valence electrons. The highest BCUT2D eigenvalue weighted by Crippen LogP contribution is 2.37. The van der Waals surface area contributed by atoms with Crippen LogP contribution in [0.15, 0.2) is 12.1 Å². The van der Waals surface area contributed by atoms with E-state index < -0.39 is 0 Å². The summed E-state index contributed by atoms with van der Waals surface area (Å²) in [7, 11) is 0. The monoisotopic (exact) mass is 432 g/mol. The molecule has 1 aliphatic rings. The molecule has 5 nitrogen and oxygen atoms in total. The first kappa shape index (κ1) is 24.9. The van der Waals surface area contributed by atoms with Crippen molar-refractivity contribution in [2.75, 3.05) is 39.4 Å². The van der Waals surface area contributed by atoms with Crippen molar-refractivity contribution < 1.29 is 14.3 Å². The van der Waals surface area contributed by atoms with Crippen LogP contribution in [0.3, 0.4) is 0 Å². The van der Waals surface area contributed by atoms with Crippen molar-refractivity contribution >= 4 is 29.9 Å². The molecule has 1 fully saturated rings. The lowest BCUT2D eigenvalue weighted by Gasteiger charge is -2.32. The summed E-state index contributed by atoms with van der Waals surface area (Å²) in [5, 5.41) is 3.83. The Balaban J connectivity index is 0.00000392. The molecule has 0 unspecified atom stereocenters. The summed E-state index contributed by atoms with van der Waals surface area (Å²) >= 11 is 6.43. The Kier molecular flexibility index (Phi) is 11.7. The smallest absolute Gasteiger partial charge is 0.254 e. The molecule has 1 heterocycles. The zero-order valence-corrected chi connectivity index (χ0v) is 18.8. The fourth-order valence-corrected chi connectivity index (χ4v) is 3.55. The van der Waals surface area contributed by atoms with Gasteiger partial charge in [-0.1, -0.05) is 31.9 Å². The van der Waals surface area contributed by atoms with Crippen LogP contribution in [0.2, 0.25) is 5.02 Å². The van der Waals surface area contributed by atoms with Gasteiger partial charge in [-0.05, 0) is 57.3 Å². The number of carbonyl (C=O) groups excluding carboxylic acids is 1. The fraction of sp³-hybridized carbons (Fsp3) is 0.667. The van der Waals surface area contributed by atoms with E-state index in [0.29, 0.717) is 41.2 Å². The number of hydrogen-bond donors (Lipinski definition) is 1. The van der Waals surface area contributed by atoms with Gasteiger partial charge in [0.15, 0.2) is 11.5 Å². The zero-order chi connectivity index (χ0) is 19.6. The van der Waals surface area contributed by atoms with Crippen LogP contribution in [0.4, 0.5) is 0 Å². The van der Waals surface area contributed by atoms with E-state index in [4.69, 9.17) is 21.1 Å². The van der Waals surface area contributed by atoms with E-state index in [-0.39, 0.29) is 18.3 Å². The van der Waals surface area contributed by atoms with Gasteiger partial charge in [-0.2, -0.15) is 0 Å². The van der Waals surface area contributed by atoms with Crippen LogP contribution in [0.1, 0.15) is 56.8 Å². The molecule has 1 aromatic carbocycles. The quantitative estimate of drug-likeness (QED) is 0.539. The van der Waals surface area contributed by atoms with Crippen molar-refractivity contribution in [2.45, 2.75) is 46.5 Å². The molecule has 0 radical (unpaired) electrons. The second-order valence-corrected chi connectivity index (χ2v) is 7.37. The molecule has 1 aromatic rings. The number of unbranched alkanes of at least 4 members (excludes halogenated alkanes) is 1. The number of halogens is 2. The Morgan fingerprint density at radius 3 is 2.54 bits per heavy atom. The number of likely N-dealkylation sites (tertiary alicyclic amines) is 1. The maximum Gasteiger partial charge on any atom is 0.254 e. The summed E-state index contributed by atoms with van der Waals surface area (Å²) in [5.41, 5.74) is 0.566. The van der Waals surface area contributed by atoms with Crippen molar-refractivity contribution in [3.8, 4) is 11.5 Å². The number of piperidine rings is 1. The summed E-state index contributed by atoms with van der Waals surface area (Å²) in [6.07, 6.45) is 4.05. The van der Waals surface area contributed by atoms with Crippen LogP contribution in [0.25, 0.3) is 0 Å². The Morgan fingerprint density at radius 1 is 1.21 bits per heavy atom. The summed E-state index contributed by atoms with van der Waals surface area (Å²) in [6, 6.07) is 3.47. The van der Waals surface area contributed by atoms with Crippen molar-refractivity contribution in [3.05, 3.63) is 22.7 Å². The molecule has 1 N–H and O–H groups in total. The van der Waals surface area contributed by atoms with Gasteiger partial charge in [0, 0.05) is 18.7 Å². The van der Waals surface area contributed by atoms with Gasteiger partial charge in [-0.3, -0.25) is 4.79 Å². The predicted octanol–water partition coefficient (Wildman–Crippen LogP) is 4.80. The lowest BCUT2D eigenvalue weighted by molar-refractivity contribution is 0.0689. The first-order chi connectivity index (χ1) is 13.1. The second kappa shape index (κ2) is 13.1. The molecular weight excluding hydrogens is 399 g/mol. The lowest BCUT2D eigenvalue weighted by Crippen LogP contribution is -2.40. The van der Waals surface area contributed by atoms with E-state index in [1.54, 1.807) is 12.1 Å². The summed E-state index contributed by atoms with van der Waals surface area (Å²) < 4.78 is 11.5. The third-order valence-corrected chi connectivity index (χ3v) is 5.17. The Bertz CT molecular complexity index is 606. The van der Waals surface area contributed by atoms with Gasteiger partial charge in [0.2, 0.25) is 0 Å². The number of carbonyl (C=O) groups is 1. The molecular formula is C21H34Cl2N2O3. The van der Waals surface area contributed by atoms with E-state index in [1.807, 2.05) is 11.8 Å². The highest BCUT2D eigenvalue weighted by atomic mass is 35.5. The van der Waals surface area contributed by atoms with Gasteiger partial charge in [0.1, 0.15) is 0 Å². The molecule has 0 aliphatic carbocycles. The van der Waals surface area contributed by atoms with Crippen LogP contribution in [0.5, 0.6) is 11.5 Å². The van der Waals surface area contributed by atoms with Crippen molar-refractivity contribution in [2.24, 2.45) is 5.92 Å². The largest absolute Gasteiger partial charge is 0.490 e. The van der Waals surface area contributed by atoms with Gasteiger partial charge < -0.3 is 19.7 Å². The minimum absolute atomic E-state index is 0. The molecule has 1 aliphatic heterocycles. The molecule has 0 bridgehead atoms. The first-order valence-corrected chi connectivity index (χ1v) is 10.6. The van der Waals surface area contributed by atoms with Crippen LogP contribution in [0, 0.1) is 5.92 Å². The first-order valence-electron chi connectivity index (χ1n) is 10.2. The zero-order valence-electron chi connectivity index (χ0n) is 17.3. The second-order valence-electron chi connectivity index (χ2n) is 6.96. The molecule has 1 amide bonds. The van der Waals surface area contributed by atoms with E-state index >= 15 is 0 Å². The topological polar surface area (TPSA) is 50.8 Å². The van der Waals surface area contributed by atoms with Crippen LogP contribution in [-0.2, 0) is 0 Å². The number of nitrogens with one attached hydrogen (secondary N) is 1. The SMILES string of the molecule is CCCCOc1c(Cl)cc(C(=O)N2CCC(CNCC)CC2)cc1OCC.Cl. The Hall–Kier alpha value is -1.17. The number of amides is 1. The molecule has 0 saturated carbocycles. The minimum Gasteiger partial charge on any atom is -0.490 e. The number of benzene rings is 1. The average molecular weight is 433 g/mol. The van der Waals surface area contributed by atoms with Crippen molar-refractivity contribution in [3.63, 3.8) is 0 Å². The predicted molar refractivity (Wildman–Crippen MR) is 117 cm³/mol. The van der Waals surface area contributed by atoms with Gasteiger partial charge in [0.05, 0.1) is 18.2 Å². The number of nitrogens with zero attached hydrogens (tertiary/aromatic N) is 1. The molecule has 0 atom stereocenters. The van der Waals surface area contributed by atoms with Crippen molar-refractivity contribution in [1.82, 2.24) is 10.2 Å². The Morgan fingerprint density at radius 2 is 1.93 bits per heavy atom. The molecule has 7 heteroatoms. The molecule has 1 saturated heterocycles. The lowest BCUT2D eigenvalue weighted by atomic mass is 9.96. The van der Waals surface area contributed by atoms with E-state index in [0.717, 1.165) is 51.9 Å². The highest BCUT2D eigenvalue weighted by Gasteiger charge is 2.25. The van der Waals surface area contributed by atoms with Gasteiger partial charge in [-0.25, -0.2) is 0 Å². The van der Waals surface area contributed by atoms with E-state index in [1.165, 1.54) is 0 Å². The van der Waals surface area contributed by atoms with E-state index in [9.17, 15) is 4.79 Å². The molecule has 28 heavy (non-hydrogen) atoms. The van der Waals surface area contributed by atoms with E-state index in [2.05, 4.69) is 19.2 Å². The maximum atomic E-state index is 13.0. The number of rotatable bonds is 10. The third-order valence-electron chi connectivity index (χ3n) is 4.89. The maximum absolute atomic E-state index is 13.0. The number of hydrogen-bond acceptors (Lipinski definition) is 4. The highest BCUT2D eigenvalue weighted by molar-refractivity contribution is 6.32. The van der Waals surface area contributed by atoms with Gasteiger partial charge in [-0.15, -0.1) is 12.4 Å². The van der Waals surface area contributed by atoms with Crippen LogP contribution >= 0.6 is 24.0 Å². The molecule has 0 aromatic heterocycles. The standard InChI is InChI=1S/C21H33ClN2O3.ClH/c1-4-7-12-27-20-18(22)13-17(14-19(20)26-6-3)21(25)24-10-8-16(9-11-24)15-23-5-2;/h13-14,16,23H,4-12,15H2,1-3H3;1H. The molecule has 2 rings (SSSR count). The van der Waals surface area contributed by atoms with Crippen LogP contribution in [-0.4, -0.2) is 50.2 Å². The summed E-state index contributed by atoms with van der Waals surface area (Å²) in [6.45, 7) is 10.8.